The molecule has 3 N–H and O–H groups in total. The number of hydrogen-bond donors (Lipinski definition) is 2. The summed E-state index contributed by atoms with van der Waals surface area (Å²) < 4.78 is 0. The minimum atomic E-state index is 0.0118. The zero-order valence-corrected chi connectivity index (χ0v) is 17.3. The lowest BCUT2D eigenvalue weighted by Crippen LogP contribution is -2.19. The smallest absolute Gasteiger partial charge is 0.0624 e. The molecule has 0 amide bonds. The number of nitrogens with two attached hydrogens (primary N) is 1. The number of anilines is 3. The van der Waals surface area contributed by atoms with Gasteiger partial charge in [0.25, 0.3) is 0 Å². The second kappa shape index (κ2) is 6.64. The number of nitrogens with one attached hydrogen (secondary N) is 1. The predicted octanol–water partition coefficient (Wildman–Crippen LogP) is 6.49. The van der Waals surface area contributed by atoms with Gasteiger partial charge in [0.15, 0.2) is 0 Å². The van der Waals surface area contributed by atoms with Gasteiger partial charge in [-0.05, 0) is 70.9 Å². The quantitative estimate of drug-likeness (QED) is 0.608. The van der Waals surface area contributed by atoms with Gasteiger partial charge in [-0.25, -0.2) is 0 Å². The summed E-state index contributed by atoms with van der Waals surface area (Å²) in [6, 6.07) is 11.2. The molecule has 0 saturated heterocycles. The van der Waals surface area contributed by atoms with Crippen LogP contribution in [0.2, 0.25) is 0 Å². The SMILES string of the molecule is CC(C)(C)c1cc(Nc2cccc3c2CCCC3)c(N)c(C(C)(C)C)c1. The third-order valence-electron chi connectivity index (χ3n) is 5.52. The number of fused-ring (bicyclic) bond motifs is 1. The zero-order chi connectivity index (χ0) is 19.1. The molecule has 3 rings (SSSR count). The van der Waals surface area contributed by atoms with Crippen LogP contribution in [0.5, 0.6) is 0 Å². The molecule has 0 fully saturated rings. The van der Waals surface area contributed by atoms with Gasteiger partial charge in [-0.15, -0.1) is 0 Å². The van der Waals surface area contributed by atoms with Crippen molar-refractivity contribution in [3.8, 4) is 0 Å². The first-order chi connectivity index (χ1) is 12.1. The molecule has 0 bridgehead atoms. The molecule has 0 saturated carbocycles. The van der Waals surface area contributed by atoms with Gasteiger partial charge in [0, 0.05) is 5.69 Å². The highest BCUT2D eigenvalue weighted by Gasteiger charge is 2.24. The Morgan fingerprint density at radius 1 is 0.846 bits per heavy atom. The van der Waals surface area contributed by atoms with Crippen LogP contribution in [0.25, 0.3) is 0 Å². The fourth-order valence-corrected chi connectivity index (χ4v) is 3.85. The van der Waals surface area contributed by atoms with Crippen molar-refractivity contribution in [2.75, 3.05) is 11.1 Å². The van der Waals surface area contributed by atoms with Crippen LogP contribution in [-0.4, -0.2) is 0 Å². The van der Waals surface area contributed by atoms with E-state index < -0.39 is 0 Å². The van der Waals surface area contributed by atoms with Crippen molar-refractivity contribution in [1.82, 2.24) is 0 Å². The summed E-state index contributed by atoms with van der Waals surface area (Å²) in [5, 5.41) is 3.70. The minimum absolute atomic E-state index is 0.0118. The van der Waals surface area contributed by atoms with E-state index in [2.05, 4.69) is 77.2 Å². The van der Waals surface area contributed by atoms with Gasteiger partial charge < -0.3 is 11.1 Å². The highest BCUT2D eigenvalue weighted by Crippen LogP contribution is 2.40. The molecule has 0 atom stereocenters. The molecule has 1 aliphatic carbocycles. The number of aryl methyl sites for hydroxylation is 1. The van der Waals surface area contributed by atoms with Crippen LogP contribution >= 0.6 is 0 Å². The molecule has 2 nitrogen and oxygen atoms in total. The predicted molar refractivity (Wildman–Crippen MR) is 115 cm³/mol. The minimum Gasteiger partial charge on any atom is -0.397 e. The normalized spacial score (nSPS) is 14.8. The second-order valence-electron chi connectivity index (χ2n) is 9.76. The van der Waals surface area contributed by atoms with E-state index in [-0.39, 0.29) is 10.8 Å². The largest absolute Gasteiger partial charge is 0.397 e. The van der Waals surface area contributed by atoms with Gasteiger partial charge in [-0.3, -0.25) is 0 Å². The molecule has 2 aromatic carbocycles. The van der Waals surface area contributed by atoms with E-state index in [0.717, 1.165) is 17.8 Å². The van der Waals surface area contributed by atoms with E-state index in [1.54, 1.807) is 0 Å². The molecule has 140 valence electrons. The Morgan fingerprint density at radius 2 is 1.54 bits per heavy atom. The molecule has 0 radical (unpaired) electrons. The van der Waals surface area contributed by atoms with Crippen LogP contribution in [0.1, 0.15) is 76.6 Å². The average molecular weight is 351 g/mol. The van der Waals surface area contributed by atoms with E-state index in [9.17, 15) is 0 Å². The topological polar surface area (TPSA) is 38.0 Å². The van der Waals surface area contributed by atoms with Crippen LogP contribution in [-0.2, 0) is 23.7 Å². The summed E-state index contributed by atoms with van der Waals surface area (Å²) in [5.41, 5.74) is 15.4. The number of benzene rings is 2. The molecule has 0 heterocycles. The molecular formula is C24H34N2. The van der Waals surface area contributed by atoms with Gasteiger partial charge in [-0.1, -0.05) is 59.7 Å². The molecule has 0 aromatic heterocycles. The fourth-order valence-electron chi connectivity index (χ4n) is 3.85. The highest BCUT2D eigenvalue weighted by molar-refractivity contribution is 5.79. The molecule has 0 aliphatic heterocycles. The summed E-state index contributed by atoms with van der Waals surface area (Å²) in [6.07, 6.45) is 4.92. The molecule has 1 aliphatic rings. The third kappa shape index (κ3) is 3.75. The van der Waals surface area contributed by atoms with E-state index >= 15 is 0 Å². The zero-order valence-electron chi connectivity index (χ0n) is 17.3. The first-order valence-electron chi connectivity index (χ1n) is 9.89. The molecular weight excluding hydrogens is 316 g/mol. The second-order valence-corrected chi connectivity index (χ2v) is 9.76. The first-order valence-corrected chi connectivity index (χ1v) is 9.89. The average Bonchev–Trinajstić information content (AvgIpc) is 2.55. The third-order valence-corrected chi connectivity index (χ3v) is 5.52. The maximum Gasteiger partial charge on any atom is 0.0624 e. The molecule has 0 unspecified atom stereocenters. The Hall–Kier alpha value is -1.96. The number of rotatable bonds is 2. The van der Waals surface area contributed by atoms with Crippen LogP contribution in [0.4, 0.5) is 17.1 Å². The Labute approximate surface area is 159 Å². The van der Waals surface area contributed by atoms with E-state index in [1.165, 1.54) is 47.2 Å². The van der Waals surface area contributed by atoms with E-state index in [4.69, 9.17) is 5.73 Å². The van der Waals surface area contributed by atoms with Gasteiger partial charge in [0.1, 0.15) is 0 Å². The lowest BCUT2D eigenvalue weighted by Gasteiger charge is -2.29. The first kappa shape index (κ1) is 18.8. The fraction of sp³-hybridized carbons (Fsp3) is 0.500. The van der Waals surface area contributed by atoms with Crippen molar-refractivity contribution in [2.45, 2.75) is 78.1 Å². The number of hydrogen-bond acceptors (Lipinski definition) is 2. The summed E-state index contributed by atoms with van der Waals surface area (Å²) in [7, 11) is 0. The van der Waals surface area contributed by atoms with Crippen LogP contribution < -0.4 is 11.1 Å². The van der Waals surface area contributed by atoms with Gasteiger partial charge in [0.2, 0.25) is 0 Å². The number of nitrogen functional groups attached to an aromatic ring is 1. The summed E-state index contributed by atoms with van der Waals surface area (Å²) >= 11 is 0. The molecule has 26 heavy (non-hydrogen) atoms. The summed E-state index contributed by atoms with van der Waals surface area (Å²) in [4.78, 5) is 0. The standard InChI is InChI=1S/C24H34N2/c1-23(2,3)17-14-19(24(4,5)6)22(25)21(15-17)26-20-13-9-11-16-10-7-8-12-18(16)20/h9,11,13-15,26H,7-8,10,12,25H2,1-6H3. The molecule has 2 aromatic rings. The van der Waals surface area contributed by atoms with Crippen molar-refractivity contribution in [3.05, 3.63) is 52.6 Å². The van der Waals surface area contributed by atoms with Crippen molar-refractivity contribution in [1.29, 1.82) is 0 Å². The highest BCUT2D eigenvalue weighted by atomic mass is 14.9. The van der Waals surface area contributed by atoms with Crippen molar-refractivity contribution in [3.63, 3.8) is 0 Å². The van der Waals surface area contributed by atoms with Gasteiger partial charge in [0.05, 0.1) is 11.4 Å². The summed E-state index contributed by atoms with van der Waals surface area (Å²) in [6.45, 7) is 13.5. The van der Waals surface area contributed by atoms with Crippen LogP contribution in [0.15, 0.2) is 30.3 Å². The van der Waals surface area contributed by atoms with Gasteiger partial charge >= 0.3 is 0 Å². The lowest BCUT2D eigenvalue weighted by molar-refractivity contribution is 0.570. The van der Waals surface area contributed by atoms with Gasteiger partial charge in [-0.2, -0.15) is 0 Å². The van der Waals surface area contributed by atoms with Crippen molar-refractivity contribution >= 4 is 17.1 Å². The lowest BCUT2D eigenvalue weighted by atomic mass is 9.79. The Balaban J connectivity index is 2.11. The van der Waals surface area contributed by atoms with Crippen molar-refractivity contribution < 1.29 is 0 Å². The van der Waals surface area contributed by atoms with Crippen LogP contribution in [0, 0.1) is 0 Å². The Kier molecular flexibility index (Phi) is 4.81. The maximum atomic E-state index is 6.64. The van der Waals surface area contributed by atoms with E-state index in [0.29, 0.717) is 0 Å². The Bertz CT molecular complexity index is 804. The van der Waals surface area contributed by atoms with Crippen molar-refractivity contribution in [2.24, 2.45) is 0 Å². The van der Waals surface area contributed by atoms with Crippen LogP contribution in [0.3, 0.4) is 0 Å². The Morgan fingerprint density at radius 3 is 2.19 bits per heavy atom. The monoisotopic (exact) mass is 350 g/mol. The summed E-state index contributed by atoms with van der Waals surface area (Å²) in [5.74, 6) is 0. The maximum absolute atomic E-state index is 6.64. The van der Waals surface area contributed by atoms with E-state index in [1.807, 2.05) is 0 Å². The molecule has 2 heteroatoms. The molecule has 0 spiro atoms.